The molecule has 1 aromatic rings. The number of hydrogen-bond donors (Lipinski definition) is 2. The number of halogens is 1. The van der Waals surface area contributed by atoms with Crippen molar-refractivity contribution in [2.24, 2.45) is 10.7 Å². The first-order valence-corrected chi connectivity index (χ1v) is 9.59. The molecule has 0 saturated carbocycles. The van der Waals surface area contributed by atoms with Gasteiger partial charge in [-0.1, -0.05) is 44.2 Å². The van der Waals surface area contributed by atoms with Crippen LogP contribution in [0.4, 0.5) is 0 Å². The molecule has 0 aromatic heterocycles. The minimum Gasteiger partial charge on any atom is -0.379 e. The van der Waals surface area contributed by atoms with Gasteiger partial charge in [-0.25, -0.2) is 0 Å². The summed E-state index contributed by atoms with van der Waals surface area (Å²) in [5, 5.41) is 3.26. The van der Waals surface area contributed by atoms with Crippen molar-refractivity contribution in [3.8, 4) is 0 Å². The second-order valence-corrected chi connectivity index (χ2v) is 6.79. The Bertz CT molecular complexity index is 514. The average Bonchev–Trinajstić information content (AvgIpc) is 2.68. The van der Waals surface area contributed by atoms with E-state index in [-0.39, 0.29) is 29.4 Å². The molecule has 0 amide bonds. The molecular weight excluding hydrogens is 439 g/mol. The van der Waals surface area contributed by atoms with E-state index in [4.69, 9.17) is 10.5 Å². The Morgan fingerprint density at radius 2 is 1.85 bits per heavy atom. The van der Waals surface area contributed by atoms with Crippen LogP contribution in [0, 0.1) is 0 Å². The predicted molar refractivity (Wildman–Crippen MR) is 120 cm³/mol. The van der Waals surface area contributed by atoms with E-state index in [1.807, 2.05) is 0 Å². The number of benzene rings is 1. The molecular formula is C20H35IN4O. The van der Waals surface area contributed by atoms with Gasteiger partial charge in [0.15, 0.2) is 5.96 Å². The Hall–Kier alpha value is -0.860. The van der Waals surface area contributed by atoms with Crippen molar-refractivity contribution in [2.45, 2.75) is 38.5 Å². The van der Waals surface area contributed by atoms with Gasteiger partial charge in [-0.05, 0) is 31.4 Å². The number of nitrogens with two attached hydrogens (primary N) is 1. The monoisotopic (exact) mass is 474 g/mol. The van der Waals surface area contributed by atoms with Gasteiger partial charge in [0.1, 0.15) is 0 Å². The van der Waals surface area contributed by atoms with Gasteiger partial charge in [-0.15, -0.1) is 24.0 Å². The number of morpholine rings is 1. The summed E-state index contributed by atoms with van der Waals surface area (Å²) in [6.07, 6.45) is 3.18. The first-order chi connectivity index (χ1) is 12.2. The lowest BCUT2D eigenvalue weighted by atomic mass is 9.76. The number of nitrogens with zero attached hydrogens (tertiary/aromatic N) is 2. The molecule has 0 spiro atoms. The molecule has 1 fully saturated rings. The smallest absolute Gasteiger partial charge is 0.188 e. The van der Waals surface area contributed by atoms with Crippen LogP contribution in [0.25, 0.3) is 0 Å². The maximum atomic E-state index is 6.09. The molecule has 1 aliphatic heterocycles. The minimum absolute atomic E-state index is 0. The van der Waals surface area contributed by atoms with Gasteiger partial charge < -0.3 is 15.8 Å². The Labute approximate surface area is 175 Å². The fourth-order valence-corrected chi connectivity index (χ4v) is 3.40. The topological polar surface area (TPSA) is 62.9 Å². The van der Waals surface area contributed by atoms with E-state index >= 15 is 0 Å². The summed E-state index contributed by atoms with van der Waals surface area (Å²) in [5.41, 5.74) is 7.51. The SMILES string of the molecule is CCC(CC)(CN=C(N)NCCCN1CCOCC1)c1ccccc1.I. The van der Waals surface area contributed by atoms with Crippen LogP contribution in [0.15, 0.2) is 35.3 Å². The molecule has 0 bridgehead atoms. The van der Waals surface area contributed by atoms with Crippen molar-refractivity contribution in [2.75, 3.05) is 45.9 Å². The van der Waals surface area contributed by atoms with Crippen molar-refractivity contribution in [3.63, 3.8) is 0 Å². The number of rotatable bonds is 9. The highest BCUT2D eigenvalue weighted by atomic mass is 127. The van der Waals surface area contributed by atoms with E-state index in [1.54, 1.807) is 0 Å². The molecule has 0 unspecified atom stereocenters. The number of hydrogen-bond acceptors (Lipinski definition) is 3. The van der Waals surface area contributed by atoms with Crippen molar-refractivity contribution in [1.29, 1.82) is 0 Å². The quantitative estimate of drug-likeness (QED) is 0.250. The van der Waals surface area contributed by atoms with Gasteiger partial charge in [0.25, 0.3) is 0 Å². The van der Waals surface area contributed by atoms with Crippen molar-refractivity contribution in [1.82, 2.24) is 10.2 Å². The summed E-state index contributed by atoms with van der Waals surface area (Å²) in [6, 6.07) is 10.7. The van der Waals surface area contributed by atoms with Gasteiger partial charge >= 0.3 is 0 Å². The van der Waals surface area contributed by atoms with E-state index in [1.165, 1.54) is 5.56 Å². The zero-order chi connectivity index (χ0) is 18.0. The van der Waals surface area contributed by atoms with Crippen molar-refractivity contribution < 1.29 is 4.74 Å². The van der Waals surface area contributed by atoms with Crippen LogP contribution in [0.3, 0.4) is 0 Å². The Morgan fingerprint density at radius 3 is 2.46 bits per heavy atom. The highest BCUT2D eigenvalue weighted by Gasteiger charge is 2.28. The van der Waals surface area contributed by atoms with E-state index in [2.05, 4.69) is 59.4 Å². The van der Waals surface area contributed by atoms with Crippen LogP contribution >= 0.6 is 24.0 Å². The summed E-state index contributed by atoms with van der Waals surface area (Å²) in [5.74, 6) is 0.559. The molecule has 148 valence electrons. The van der Waals surface area contributed by atoms with Crippen LogP contribution in [0.1, 0.15) is 38.7 Å². The number of aliphatic imine (C=N–C) groups is 1. The second-order valence-electron chi connectivity index (χ2n) is 6.79. The lowest BCUT2D eigenvalue weighted by Crippen LogP contribution is -2.39. The highest BCUT2D eigenvalue weighted by Crippen LogP contribution is 2.31. The molecule has 0 radical (unpaired) electrons. The standard InChI is InChI=1S/C20H34N4O.HI/c1-3-20(4-2,18-9-6-5-7-10-18)17-23-19(21)22-11-8-12-24-13-15-25-16-14-24;/h5-7,9-10H,3-4,8,11-17H2,1-2H3,(H3,21,22,23);1H. The average molecular weight is 474 g/mol. The van der Waals surface area contributed by atoms with Crippen LogP contribution < -0.4 is 11.1 Å². The largest absolute Gasteiger partial charge is 0.379 e. The molecule has 0 atom stereocenters. The van der Waals surface area contributed by atoms with E-state index in [0.29, 0.717) is 5.96 Å². The summed E-state index contributed by atoms with van der Waals surface area (Å²) in [6.45, 7) is 10.9. The van der Waals surface area contributed by atoms with Crippen LogP contribution in [0.5, 0.6) is 0 Å². The summed E-state index contributed by atoms with van der Waals surface area (Å²) >= 11 is 0. The van der Waals surface area contributed by atoms with Gasteiger partial charge in [0, 0.05) is 25.0 Å². The highest BCUT2D eigenvalue weighted by molar-refractivity contribution is 14.0. The normalized spacial score (nSPS) is 16.2. The molecule has 6 heteroatoms. The third-order valence-corrected chi connectivity index (χ3v) is 5.35. The summed E-state index contributed by atoms with van der Waals surface area (Å²) in [4.78, 5) is 7.09. The zero-order valence-electron chi connectivity index (χ0n) is 16.2. The van der Waals surface area contributed by atoms with E-state index in [9.17, 15) is 0 Å². The maximum Gasteiger partial charge on any atom is 0.188 e. The zero-order valence-corrected chi connectivity index (χ0v) is 18.6. The second kappa shape index (κ2) is 12.5. The molecule has 1 aliphatic rings. The Morgan fingerprint density at radius 1 is 1.19 bits per heavy atom. The van der Waals surface area contributed by atoms with Crippen LogP contribution in [0.2, 0.25) is 0 Å². The van der Waals surface area contributed by atoms with Crippen molar-refractivity contribution in [3.05, 3.63) is 35.9 Å². The van der Waals surface area contributed by atoms with Crippen molar-refractivity contribution >= 4 is 29.9 Å². The molecule has 1 heterocycles. The lowest BCUT2D eigenvalue weighted by Gasteiger charge is -2.31. The van der Waals surface area contributed by atoms with E-state index < -0.39 is 0 Å². The summed E-state index contributed by atoms with van der Waals surface area (Å²) in [7, 11) is 0. The first-order valence-electron chi connectivity index (χ1n) is 9.59. The fourth-order valence-electron chi connectivity index (χ4n) is 3.40. The van der Waals surface area contributed by atoms with Gasteiger partial charge in [0.2, 0.25) is 0 Å². The lowest BCUT2D eigenvalue weighted by molar-refractivity contribution is 0.0376. The minimum atomic E-state index is 0. The molecule has 1 aromatic carbocycles. The first kappa shape index (κ1) is 23.2. The van der Waals surface area contributed by atoms with Gasteiger partial charge in [-0.3, -0.25) is 9.89 Å². The fraction of sp³-hybridized carbons (Fsp3) is 0.650. The third kappa shape index (κ3) is 7.04. The maximum absolute atomic E-state index is 6.09. The number of nitrogens with one attached hydrogen (secondary N) is 1. The van der Waals surface area contributed by atoms with Crippen LogP contribution in [-0.4, -0.2) is 56.8 Å². The molecule has 0 aliphatic carbocycles. The summed E-state index contributed by atoms with van der Waals surface area (Å²) < 4.78 is 5.37. The number of ether oxygens (including phenoxy) is 1. The third-order valence-electron chi connectivity index (χ3n) is 5.35. The van der Waals surface area contributed by atoms with Gasteiger partial charge in [0.05, 0.1) is 19.8 Å². The molecule has 1 saturated heterocycles. The molecule has 26 heavy (non-hydrogen) atoms. The molecule has 2 rings (SSSR count). The van der Waals surface area contributed by atoms with Crippen LogP contribution in [-0.2, 0) is 10.2 Å². The van der Waals surface area contributed by atoms with Gasteiger partial charge in [-0.2, -0.15) is 0 Å². The Balaban J connectivity index is 0.00000338. The van der Waals surface area contributed by atoms with E-state index in [0.717, 1.165) is 65.2 Å². The predicted octanol–water partition coefficient (Wildman–Crippen LogP) is 2.99. The molecule has 5 nitrogen and oxygen atoms in total. The Kier molecular flexibility index (Phi) is 11.2. The molecule has 3 N–H and O–H groups in total. The number of guanidine groups is 1.